The van der Waals surface area contributed by atoms with Crippen LogP contribution in [-0.4, -0.2) is 34.5 Å². The Hall–Kier alpha value is -2.90. The molecule has 2 aromatic carbocycles. The Morgan fingerprint density at radius 2 is 1.93 bits per heavy atom. The number of carbonyl (C=O) groups is 2. The quantitative estimate of drug-likeness (QED) is 0.590. The highest BCUT2D eigenvalue weighted by Gasteiger charge is 2.35. The molecule has 1 fully saturated rings. The van der Waals surface area contributed by atoms with Crippen molar-refractivity contribution in [1.29, 1.82) is 0 Å². The Morgan fingerprint density at radius 3 is 2.70 bits per heavy atom. The van der Waals surface area contributed by atoms with Crippen molar-refractivity contribution in [1.82, 2.24) is 9.88 Å². The number of hydrogen-bond donors (Lipinski definition) is 1. The lowest BCUT2D eigenvalue weighted by molar-refractivity contribution is -0.120. The molecule has 0 spiro atoms. The second-order valence-corrected chi connectivity index (χ2v) is 8.22. The van der Waals surface area contributed by atoms with Crippen LogP contribution in [0.5, 0.6) is 0 Å². The highest BCUT2D eigenvalue weighted by molar-refractivity contribution is 7.14. The van der Waals surface area contributed by atoms with E-state index in [-0.39, 0.29) is 12.5 Å². The Morgan fingerprint density at radius 1 is 1.17 bits per heavy atom. The van der Waals surface area contributed by atoms with Gasteiger partial charge in [0.1, 0.15) is 12.6 Å². The van der Waals surface area contributed by atoms with Gasteiger partial charge in [0, 0.05) is 22.5 Å². The van der Waals surface area contributed by atoms with Gasteiger partial charge in [0.25, 0.3) is 0 Å². The third kappa shape index (κ3) is 4.80. The fourth-order valence-corrected chi connectivity index (χ4v) is 4.18. The summed E-state index contributed by atoms with van der Waals surface area (Å²) in [6, 6.07) is 16.3. The minimum atomic E-state index is -0.559. The molecule has 4 rings (SSSR count). The van der Waals surface area contributed by atoms with Crippen LogP contribution in [0.4, 0.5) is 9.93 Å². The lowest BCUT2D eigenvalue weighted by Gasteiger charge is -2.22. The molecule has 154 valence electrons. The normalized spacial score (nSPS) is 15.8. The standard InChI is InChI=1S/C22H20ClN3O3S/c23-17-10-8-16(9-11-17)18-14-30-21(24-18)25-20(27)19-7-4-12-26(19)22(28)29-13-15-5-2-1-3-6-15/h1-3,5-6,8-11,14,19H,4,7,12-13H2,(H,24,25,27)/t19-/m0/s1. The number of rotatable bonds is 5. The van der Waals surface area contributed by atoms with E-state index in [2.05, 4.69) is 10.3 Å². The van der Waals surface area contributed by atoms with Gasteiger partial charge in [-0.15, -0.1) is 11.3 Å². The van der Waals surface area contributed by atoms with E-state index in [0.29, 0.717) is 23.1 Å². The van der Waals surface area contributed by atoms with Crippen LogP contribution in [0.15, 0.2) is 60.0 Å². The molecule has 2 heterocycles. The zero-order valence-corrected chi connectivity index (χ0v) is 17.7. The molecule has 0 radical (unpaired) electrons. The molecule has 30 heavy (non-hydrogen) atoms. The molecule has 1 atom stereocenters. The maximum absolute atomic E-state index is 12.8. The van der Waals surface area contributed by atoms with Gasteiger partial charge in [0.15, 0.2) is 5.13 Å². The van der Waals surface area contributed by atoms with Gasteiger partial charge in [0.05, 0.1) is 5.69 Å². The van der Waals surface area contributed by atoms with E-state index >= 15 is 0 Å². The molecule has 0 saturated carbocycles. The maximum Gasteiger partial charge on any atom is 0.410 e. The SMILES string of the molecule is O=C(Nc1nc(-c2ccc(Cl)cc2)cs1)[C@@H]1CCCN1C(=O)OCc1ccccc1. The van der Waals surface area contributed by atoms with Crippen LogP contribution in [0.25, 0.3) is 11.3 Å². The number of aromatic nitrogens is 1. The zero-order chi connectivity index (χ0) is 20.9. The summed E-state index contributed by atoms with van der Waals surface area (Å²) >= 11 is 7.27. The molecule has 1 aliphatic rings. The van der Waals surface area contributed by atoms with E-state index in [9.17, 15) is 9.59 Å². The maximum atomic E-state index is 12.8. The molecular formula is C22H20ClN3O3S. The minimum absolute atomic E-state index is 0.182. The first-order valence-electron chi connectivity index (χ1n) is 9.60. The molecule has 0 bridgehead atoms. The molecule has 1 N–H and O–H groups in total. The van der Waals surface area contributed by atoms with Crippen LogP contribution in [0.2, 0.25) is 5.02 Å². The molecular weight excluding hydrogens is 422 g/mol. The van der Waals surface area contributed by atoms with Crippen molar-refractivity contribution >= 4 is 40.1 Å². The number of benzene rings is 2. The van der Waals surface area contributed by atoms with Crippen LogP contribution < -0.4 is 5.32 Å². The van der Waals surface area contributed by atoms with Gasteiger partial charge < -0.3 is 10.1 Å². The topological polar surface area (TPSA) is 71.5 Å². The Balaban J connectivity index is 1.36. The number of anilines is 1. The number of carbonyl (C=O) groups excluding carboxylic acids is 2. The fraction of sp³-hybridized carbons (Fsp3) is 0.227. The minimum Gasteiger partial charge on any atom is -0.445 e. The van der Waals surface area contributed by atoms with Crippen molar-refractivity contribution in [2.45, 2.75) is 25.5 Å². The smallest absolute Gasteiger partial charge is 0.410 e. The van der Waals surface area contributed by atoms with Crippen molar-refractivity contribution in [2.24, 2.45) is 0 Å². The number of hydrogen-bond acceptors (Lipinski definition) is 5. The van der Waals surface area contributed by atoms with Gasteiger partial charge in [0.2, 0.25) is 5.91 Å². The summed E-state index contributed by atoms with van der Waals surface area (Å²) in [5, 5.41) is 5.86. The predicted octanol–water partition coefficient (Wildman–Crippen LogP) is 5.20. The van der Waals surface area contributed by atoms with Gasteiger partial charge in [-0.1, -0.05) is 54.1 Å². The van der Waals surface area contributed by atoms with Crippen molar-refractivity contribution in [2.75, 3.05) is 11.9 Å². The fourth-order valence-electron chi connectivity index (χ4n) is 3.33. The van der Waals surface area contributed by atoms with Gasteiger partial charge in [-0.3, -0.25) is 9.69 Å². The Labute approximate surface area is 183 Å². The van der Waals surface area contributed by atoms with Crippen molar-refractivity contribution in [3.8, 4) is 11.3 Å². The van der Waals surface area contributed by atoms with Crippen LogP contribution in [0, 0.1) is 0 Å². The van der Waals surface area contributed by atoms with E-state index in [1.165, 1.54) is 16.2 Å². The number of amides is 2. The molecule has 1 aromatic heterocycles. The summed E-state index contributed by atoms with van der Waals surface area (Å²) in [6.07, 6.45) is 0.881. The molecule has 0 unspecified atom stereocenters. The summed E-state index contributed by atoms with van der Waals surface area (Å²) < 4.78 is 5.40. The average Bonchev–Trinajstić information content (AvgIpc) is 3.43. The third-order valence-electron chi connectivity index (χ3n) is 4.87. The second-order valence-electron chi connectivity index (χ2n) is 6.93. The molecule has 1 aliphatic heterocycles. The number of nitrogens with zero attached hydrogens (tertiary/aromatic N) is 2. The molecule has 2 amide bonds. The van der Waals surface area contributed by atoms with Crippen molar-refractivity contribution < 1.29 is 14.3 Å². The molecule has 3 aromatic rings. The van der Waals surface area contributed by atoms with Crippen LogP contribution in [0.3, 0.4) is 0 Å². The number of thiazole rings is 1. The lowest BCUT2D eigenvalue weighted by Crippen LogP contribution is -2.43. The summed E-state index contributed by atoms with van der Waals surface area (Å²) in [5.41, 5.74) is 2.59. The summed E-state index contributed by atoms with van der Waals surface area (Å²) in [4.78, 5) is 31.3. The summed E-state index contributed by atoms with van der Waals surface area (Å²) in [5.74, 6) is -0.249. The van der Waals surface area contributed by atoms with E-state index in [1.807, 2.05) is 47.8 Å². The largest absolute Gasteiger partial charge is 0.445 e. The molecule has 1 saturated heterocycles. The Bertz CT molecular complexity index is 1020. The van der Waals surface area contributed by atoms with Crippen LogP contribution in [-0.2, 0) is 16.1 Å². The van der Waals surface area contributed by atoms with Crippen molar-refractivity contribution in [3.05, 3.63) is 70.6 Å². The predicted molar refractivity (Wildman–Crippen MR) is 118 cm³/mol. The van der Waals surface area contributed by atoms with Gasteiger partial charge in [-0.2, -0.15) is 0 Å². The van der Waals surface area contributed by atoms with E-state index < -0.39 is 12.1 Å². The van der Waals surface area contributed by atoms with Gasteiger partial charge in [-0.25, -0.2) is 9.78 Å². The molecule has 6 nitrogen and oxygen atoms in total. The Kier molecular flexibility index (Phi) is 6.30. The van der Waals surface area contributed by atoms with Crippen LogP contribution in [0.1, 0.15) is 18.4 Å². The first-order chi connectivity index (χ1) is 14.6. The van der Waals surface area contributed by atoms with E-state index in [4.69, 9.17) is 16.3 Å². The highest BCUT2D eigenvalue weighted by atomic mass is 35.5. The summed E-state index contributed by atoms with van der Waals surface area (Å²) in [7, 11) is 0. The third-order valence-corrected chi connectivity index (χ3v) is 5.88. The first kappa shape index (κ1) is 20.4. The first-order valence-corrected chi connectivity index (χ1v) is 10.9. The number of ether oxygens (including phenoxy) is 1. The van der Waals surface area contributed by atoms with E-state index in [0.717, 1.165) is 23.2 Å². The number of likely N-dealkylation sites (tertiary alicyclic amines) is 1. The zero-order valence-electron chi connectivity index (χ0n) is 16.1. The monoisotopic (exact) mass is 441 g/mol. The van der Waals surface area contributed by atoms with Gasteiger partial charge >= 0.3 is 6.09 Å². The highest BCUT2D eigenvalue weighted by Crippen LogP contribution is 2.27. The molecule has 8 heteroatoms. The summed E-state index contributed by atoms with van der Waals surface area (Å²) in [6.45, 7) is 0.682. The van der Waals surface area contributed by atoms with Crippen molar-refractivity contribution in [3.63, 3.8) is 0 Å². The molecule has 0 aliphatic carbocycles. The van der Waals surface area contributed by atoms with Gasteiger partial charge in [-0.05, 0) is 30.5 Å². The lowest BCUT2D eigenvalue weighted by atomic mass is 10.2. The van der Waals surface area contributed by atoms with Crippen LogP contribution >= 0.6 is 22.9 Å². The average molecular weight is 442 g/mol. The number of halogens is 1. The second kappa shape index (κ2) is 9.28. The van der Waals surface area contributed by atoms with E-state index in [1.54, 1.807) is 12.1 Å². The number of nitrogens with one attached hydrogen (secondary N) is 1.